The highest BCUT2D eigenvalue weighted by Gasteiger charge is 2.35. The molecule has 0 saturated heterocycles. The van der Waals surface area contributed by atoms with Crippen LogP contribution in [0.4, 0.5) is 0 Å². The molecule has 0 radical (unpaired) electrons. The summed E-state index contributed by atoms with van der Waals surface area (Å²) >= 11 is 18.7. The number of thioether (sulfide) groups is 2. The van der Waals surface area contributed by atoms with Crippen LogP contribution in [0, 0.1) is 0 Å². The van der Waals surface area contributed by atoms with Crippen LogP contribution in [0.5, 0.6) is 0 Å². The summed E-state index contributed by atoms with van der Waals surface area (Å²) in [5.41, 5.74) is 4.55. The molecule has 0 saturated carbocycles. The second-order valence-corrected chi connectivity index (χ2v) is 24.2. The molecule has 4 rings (SSSR count). The SMILES string of the molecule is CCCCCCCCCCCCCCCCCCCCn1nc2c(C3C=CC(Br)(Br)S3)ccc(C3C=CC(Br)(Br)S3)c2n1. The second-order valence-electron chi connectivity index (χ2n) is 12.2. The lowest BCUT2D eigenvalue weighted by molar-refractivity contribution is 0.482. The summed E-state index contributed by atoms with van der Waals surface area (Å²) in [5, 5.41) is 10.6. The number of aromatic nitrogens is 3. The zero-order valence-electron chi connectivity index (χ0n) is 25.7. The van der Waals surface area contributed by atoms with Gasteiger partial charge in [-0.2, -0.15) is 15.0 Å². The Morgan fingerprint density at radius 2 is 0.930 bits per heavy atom. The van der Waals surface area contributed by atoms with Crippen molar-refractivity contribution in [1.82, 2.24) is 15.0 Å². The Hall–Kier alpha value is 0.720. The standard InChI is InChI=1S/C34H49Br4N3S2/c1-2-3-4-5-6-7-8-9-10-11-12-13-14-15-16-17-18-19-26-41-39-31-27(29-22-24-33(35,36)42-29)20-21-28(32(31)40-41)30-23-25-34(37,38)43-30/h20-25,29-30H,2-19,26H2,1H3. The number of unbranched alkanes of at least 4 members (excludes halogenated alkanes) is 17. The Morgan fingerprint density at radius 1 is 0.581 bits per heavy atom. The van der Waals surface area contributed by atoms with Crippen molar-refractivity contribution in [2.75, 3.05) is 0 Å². The van der Waals surface area contributed by atoms with Crippen LogP contribution < -0.4 is 0 Å². The predicted molar refractivity (Wildman–Crippen MR) is 206 cm³/mol. The second kappa shape index (κ2) is 18.9. The maximum atomic E-state index is 5.06. The van der Waals surface area contributed by atoms with E-state index in [1.165, 1.54) is 120 Å². The number of fused-ring (bicyclic) bond motifs is 1. The summed E-state index contributed by atoms with van der Waals surface area (Å²) < 4.78 is -0.428. The minimum atomic E-state index is -0.214. The van der Waals surface area contributed by atoms with Gasteiger partial charge in [-0.05, 0) is 29.7 Å². The summed E-state index contributed by atoms with van der Waals surface area (Å²) in [6, 6.07) is 4.51. The molecular formula is C34H49Br4N3S2. The van der Waals surface area contributed by atoms with Gasteiger partial charge in [-0.25, -0.2) is 0 Å². The van der Waals surface area contributed by atoms with Gasteiger partial charge < -0.3 is 0 Å². The predicted octanol–water partition coefficient (Wildman–Crippen LogP) is 14.0. The molecule has 1 aromatic heterocycles. The molecule has 0 aliphatic carbocycles. The highest BCUT2D eigenvalue weighted by molar-refractivity contribution is 9.28. The molecule has 1 aromatic carbocycles. The first-order valence-electron chi connectivity index (χ1n) is 16.7. The van der Waals surface area contributed by atoms with Gasteiger partial charge in [0.15, 0.2) is 0 Å². The summed E-state index contributed by atoms with van der Waals surface area (Å²) in [6.07, 6.45) is 33.9. The molecule has 2 aliphatic rings. The van der Waals surface area contributed by atoms with E-state index in [4.69, 9.17) is 10.2 Å². The summed E-state index contributed by atoms with van der Waals surface area (Å²) in [7, 11) is 0. The van der Waals surface area contributed by atoms with Crippen LogP contribution in [0.1, 0.15) is 144 Å². The van der Waals surface area contributed by atoms with Gasteiger partial charge in [0.2, 0.25) is 0 Å². The third-order valence-electron chi connectivity index (χ3n) is 8.47. The lowest BCUT2D eigenvalue weighted by Crippen LogP contribution is -2.02. The first kappa shape index (κ1) is 36.6. The van der Waals surface area contributed by atoms with E-state index in [9.17, 15) is 0 Å². The number of hydrogen-bond acceptors (Lipinski definition) is 4. The van der Waals surface area contributed by atoms with Crippen molar-refractivity contribution in [1.29, 1.82) is 0 Å². The van der Waals surface area contributed by atoms with Crippen LogP contribution in [0.3, 0.4) is 0 Å². The molecule has 3 nitrogen and oxygen atoms in total. The van der Waals surface area contributed by atoms with Crippen molar-refractivity contribution in [2.24, 2.45) is 0 Å². The van der Waals surface area contributed by atoms with Gasteiger partial charge in [0, 0.05) is 0 Å². The normalized spacial score (nSPS) is 20.6. The Bertz CT molecular complexity index is 1110. The molecular weight excluding hydrogens is 834 g/mol. The fraction of sp³-hybridized carbons (Fsp3) is 0.706. The van der Waals surface area contributed by atoms with Gasteiger partial charge in [0.25, 0.3) is 0 Å². The van der Waals surface area contributed by atoms with E-state index in [1.54, 1.807) is 0 Å². The first-order valence-corrected chi connectivity index (χ1v) is 21.6. The monoisotopic (exact) mass is 879 g/mol. The fourth-order valence-electron chi connectivity index (χ4n) is 6.02. The fourth-order valence-corrected chi connectivity index (χ4v) is 11.0. The lowest BCUT2D eigenvalue weighted by atomic mass is 10.0. The minimum absolute atomic E-state index is 0.214. The Kier molecular flexibility index (Phi) is 16.1. The summed E-state index contributed by atoms with van der Waals surface area (Å²) in [4.78, 5) is 1.96. The van der Waals surface area contributed by atoms with Gasteiger partial charge in [0.1, 0.15) is 16.2 Å². The molecule has 43 heavy (non-hydrogen) atoms. The molecule has 3 heterocycles. The van der Waals surface area contributed by atoms with Crippen molar-refractivity contribution in [2.45, 2.75) is 145 Å². The molecule has 0 bridgehead atoms. The molecule has 2 unspecified atom stereocenters. The third-order valence-corrected chi connectivity index (χ3v) is 14.0. The lowest BCUT2D eigenvalue weighted by Gasteiger charge is -2.17. The van der Waals surface area contributed by atoms with E-state index in [2.05, 4.69) is 107 Å². The van der Waals surface area contributed by atoms with Gasteiger partial charge in [-0.15, -0.1) is 23.5 Å². The number of rotatable bonds is 21. The van der Waals surface area contributed by atoms with E-state index in [0.29, 0.717) is 0 Å². The van der Waals surface area contributed by atoms with E-state index in [-0.39, 0.29) is 15.6 Å². The third kappa shape index (κ3) is 12.4. The number of halogens is 4. The molecule has 0 amide bonds. The van der Waals surface area contributed by atoms with Crippen LogP contribution in [0.2, 0.25) is 0 Å². The van der Waals surface area contributed by atoms with E-state index >= 15 is 0 Å². The van der Waals surface area contributed by atoms with Gasteiger partial charge >= 0.3 is 0 Å². The first-order chi connectivity index (χ1) is 20.8. The molecule has 9 heteroatoms. The molecule has 240 valence electrons. The maximum absolute atomic E-state index is 5.06. The summed E-state index contributed by atoms with van der Waals surface area (Å²) in [5.74, 6) is 0. The zero-order valence-corrected chi connectivity index (χ0v) is 33.7. The van der Waals surface area contributed by atoms with Crippen molar-refractivity contribution >= 4 is 98.3 Å². The molecule has 2 aromatic rings. The van der Waals surface area contributed by atoms with Crippen molar-refractivity contribution < 1.29 is 0 Å². The zero-order chi connectivity index (χ0) is 30.5. The topological polar surface area (TPSA) is 30.7 Å². The number of aryl methyl sites for hydroxylation is 1. The smallest absolute Gasteiger partial charge is 0.144 e. The van der Waals surface area contributed by atoms with E-state index in [0.717, 1.165) is 24.0 Å². The summed E-state index contributed by atoms with van der Waals surface area (Å²) in [6.45, 7) is 3.18. The Morgan fingerprint density at radius 3 is 1.26 bits per heavy atom. The van der Waals surface area contributed by atoms with Crippen LogP contribution in [-0.4, -0.2) is 20.1 Å². The van der Waals surface area contributed by atoms with Crippen LogP contribution >= 0.6 is 87.2 Å². The van der Waals surface area contributed by atoms with E-state index in [1.807, 2.05) is 28.3 Å². The number of alkyl halides is 4. The Balaban J connectivity index is 1.14. The quantitative estimate of drug-likeness (QED) is 0.0710. The minimum Gasteiger partial charge on any atom is -0.184 e. The number of benzene rings is 1. The number of nitrogens with zero attached hydrogens (tertiary/aromatic N) is 3. The largest absolute Gasteiger partial charge is 0.184 e. The molecule has 0 spiro atoms. The molecule has 2 aliphatic heterocycles. The molecule has 0 N–H and O–H groups in total. The van der Waals surface area contributed by atoms with Crippen molar-refractivity contribution in [3.05, 3.63) is 47.6 Å². The van der Waals surface area contributed by atoms with Gasteiger partial charge in [0.05, 0.1) is 17.0 Å². The highest BCUT2D eigenvalue weighted by Crippen LogP contribution is 2.57. The highest BCUT2D eigenvalue weighted by atomic mass is 79.9. The average molecular weight is 884 g/mol. The van der Waals surface area contributed by atoms with Crippen LogP contribution in [0.15, 0.2) is 36.4 Å². The van der Waals surface area contributed by atoms with Crippen LogP contribution in [-0.2, 0) is 6.54 Å². The average Bonchev–Trinajstić information content (AvgIpc) is 3.67. The maximum Gasteiger partial charge on any atom is 0.144 e. The van der Waals surface area contributed by atoms with Gasteiger partial charge in [-0.1, -0.05) is 204 Å². The van der Waals surface area contributed by atoms with Gasteiger partial charge in [-0.3, -0.25) is 0 Å². The van der Waals surface area contributed by atoms with Crippen molar-refractivity contribution in [3.63, 3.8) is 0 Å². The van der Waals surface area contributed by atoms with Crippen molar-refractivity contribution in [3.8, 4) is 0 Å². The molecule has 0 fully saturated rings. The van der Waals surface area contributed by atoms with Crippen LogP contribution in [0.25, 0.3) is 11.0 Å². The molecule has 2 atom stereocenters. The Labute approximate surface area is 302 Å². The van der Waals surface area contributed by atoms with E-state index < -0.39 is 0 Å². The number of hydrogen-bond donors (Lipinski definition) is 0.